The quantitative estimate of drug-likeness (QED) is 0.523. The van der Waals surface area contributed by atoms with Gasteiger partial charge in [0.1, 0.15) is 12.4 Å². The lowest BCUT2D eigenvalue weighted by Crippen LogP contribution is -2.36. The van der Waals surface area contributed by atoms with Gasteiger partial charge < -0.3 is 9.64 Å². The minimum Gasteiger partial charge on any atom is -0.487 e. The molecule has 1 aliphatic heterocycles. The number of hydrazine groups is 1. The number of carbonyl (C=O) groups is 2. The zero-order valence-electron chi connectivity index (χ0n) is 18.1. The highest BCUT2D eigenvalue weighted by molar-refractivity contribution is 6.00. The van der Waals surface area contributed by atoms with Crippen molar-refractivity contribution in [3.8, 4) is 5.75 Å². The molecule has 0 bridgehead atoms. The predicted molar refractivity (Wildman–Crippen MR) is 125 cm³/mol. The van der Waals surface area contributed by atoms with Gasteiger partial charge in [-0.3, -0.25) is 20.4 Å². The second-order valence-electron chi connectivity index (χ2n) is 7.81. The number of para-hydroxylation sites is 2. The van der Waals surface area contributed by atoms with Crippen LogP contribution in [0.4, 0.5) is 11.4 Å². The van der Waals surface area contributed by atoms with Gasteiger partial charge in [0.25, 0.3) is 0 Å². The van der Waals surface area contributed by atoms with Gasteiger partial charge in [0.2, 0.25) is 11.8 Å². The number of ether oxygens (including phenoxy) is 1. The van der Waals surface area contributed by atoms with Crippen molar-refractivity contribution in [2.24, 2.45) is 5.92 Å². The number of nitrogens with zero attached hydrogens (tertiary/aromatic N) is 1. The number of carbonyl (C=O) groups excluding carboxylic acids is 2. The van der Waals surface area contributed by atoms with Crippen molar-refractivity contribution >= 4 is 23.2 Å². The molecule has 0 saturated carbocycles. The summed E-state index contributed by atoms with van der Waals surface area (Å²) in [7, 11) is 0. The van der Waals surface area contributed by atoms with E-state index in [9.17, 15) is 9.59 Å². The van der Waals surface area contributed by atoms with Gasteiger partial charge in [-0.2, -0.15) is 0 Å². The van der Waals surface area contributed by atoms with Crippen LogP contribution in [0, 0.1) is 5.92 Å². The standard InChI is InChI=1S/C26H27N3O3/c1-2-19-12-14-22(15-13-19)29-17-21(16-25(29)30)26(31)28-27-23-10-6-7-11-24(23)32-18-20-8-4-3-5-9-20/h3-15,21,27H,2,16-18H2,1H3,(H,28,31)/t21-/m0/s1. The lowest BCUT2D eigenvalue weighted by molar-refractivity contribution is -0.125. The van der Waals surface area contributed by atoms with E-state index < -0.39 is 5.92 Å². The fourth-order valence-corrected chi connectivity index (χ4v) is 3.71. The highest BCUT2D eigenvalue weighted by Crippen LogP contribution is 2.27. The molecule has 0 spiro atoms. The van der Waals surface area contributed by atoms with Crippen molar-refractivity contribution in [2.75, 3.05) is 16.9 Å². The topological polar surface area (TPSA) is 70.7 Å². The predicted octanol–water partition coefficient (Wildman–Crippen LogP) is 4.32. The molecule has 6 nitrogen and oxygen atoms in total. The molecule has 4 rings (SSSR count). The van der Waals surface area contributed by atoms with Crippen LogP contribution in [0.15, 0.2) is 78.9 Å². The Bertz CT molecular complexity index is 1070. The van der Waals surface area contributed by atoms with Crippen molar-refractivity contribution in [3.05, 3.63) is 90.0 Å². The van der Waals surface area contributed by atoms with Crippen molar-refractivity contribution < 1.29 is 14.3 Å². The van der Waals surface area contributed by atoms with Crippen LogP contribution in [0.2, 0.25) is 0 Å². The second kappa shape index (κ2) is 10.0. The number of anilines is 2. The molecule has 2 amide bonds. The number of rotatable bonds is 8. The van der Waals surface area contributed by atoms with Crippen molar-refractivity contribution in [2.45, 2.75) is 26.4 Å². The van der Waals surface area contributed by atoms with E-state index in [-0.39, 0.29) is 18.2 Å². The monoisotopic (exact) mass is 429 g/mol. The summed E-state index contributed by atoms with van der Waals surface area (Å²) in [5.74, 6) is -0.0417. The van der Waals surface area contributed by atoms with E-state index in [1.54, 1.807) is 4.90 Å². The molecule has 1 fully saturated rings. The molecule has 1 atom stereocenters. The Morgan fingerprint density at radius 2 is 1.69 bits per heavy atom. The van der Waals surface area contributed by atoms with Gasteiger partial charge in [-0.1, -0.05) is 61.5 Å². The summed E-state index contributed by atoms with van der Waals surface area (Å²) in [5, 5.41) is 0. The van der Waals surface area contributed by atoms with Crippen LogP contribution in [0.3, 0.4) is 0 Å². The molecular weight excluding hydrogens is 402 g/mol. The van der Waals surface area contributed by atoms with Gasteiger partial charge in [0, 0.05) is 18.7 Å². The van der Waals surface area contributed by atoms with Gasteiger partial charge in [-0.05, 0) is 41.8 Å². The van der Waals surface area contributed by atoms with E-state index in [4.69, 9.17) is 4.74 Å². The van der Waals surface area contributed by atoms with Gasteiger partial charge >= 0.3 is 0 Å². The minimum atomic E-state index is -0.418. The first-order chi connectivity index (χ1) is 15.6. The smallest absolute Gasteiger partial charge is 0.243 e. The van der Waals surface area contributed by atoms with E-state index in [0.29, 0.717) is 24.6 Å². The molecule has 3 aromatic rings. The number of amides is 2. The van der Waals surface area contributed by atoms with E-state index in [1.807, 2.05) is 78.9 Å². The molecule has 0 aromatic heterocycles. The third-order valence-corrected chi connectivity index (χ3v) is 5.60. The Labute approximate surface area is 188 Å². The fourth-order valence-electron chi connectivity index (χ4n) is 3.71. The second-order valence-corrected chi connectivity index (χ2v) is 7.81. The lowest BCUT2D eigenvalue weighted by atomic mass is 10.1. The maximum atomic E-state index is 12.7. The third-order valence-electron chi connectivity index (χ3n) is 5.60. The highest BCUT2D eigenvalue weighted by atomic mass is 16.5. The van der Waals surface area contributed by atoms with Crippen LogP contribution < -0.4 is 20.5 Å². The molecule has 0 radical (unpaired) electrons. The van der Waals surface area contributed by atoms with Crippen LogP contribution in [0.5, 0.6) is 5.75 Å². The summed E-state index contributed by atoms with van der Waals surface area (Å²) in [6.07, 6.45) is 1.14. The summed E-state index contributed by atoms with van der Waals surface area (Å²) in [6.45, 7) is 2.88. The molecule has 0 unspecified atom stereocenters. The molecule has 164 valence electrons. The van der Waals surface area contributed by atoms with Gasteiger partial charge in [-0.15, -0.1) is 0 Å². The van der Waals surface area contributed by atoms with Crippen molar-refractivity contribution in [1.29, 1.82) is 0 Å². The van der Waals surface area contributed by atoms with Gasteiger partial charge in [0.05, 0.1) is 11.6 Å². The van der Waals surface area contributed by atoms with Crippen LogP contribution in [0.1, 0.15) is 24.5 Å². The molecule has 6 heteroatoms. The van der Waals surface area contributed by atoms with Gasteiger partial charge in [0.15, 0.2) is 0 Å². The van der Waals surface area contributed by atoms with Crippen molar-refractivity contribution in [1.82, 2.24) is 5.43 Å². The Hall–Kier alpha value is -3.80. The average Bonchev–Trinajstić information content (AvgIpc) is 3.24. The molecule has 1 saturated heterocycles. The molecule has 32 heavy (non-hydrogen) atoms. The molecule has 1 heterocycles. The van der Waals surface area contributed by atoms with Crippen LogP contribution in [-0.2, 0) is 22.6 Å². The molecule has 1 aliphatic rings. The Kier molecular flexibility index (Phi) is 6.70. The minimum absolute atomic E-state index is 0.0407. The number of hydrogen-bond acceptors (Lipinski definition) is 4. The average molecular weight is 430 g/mol. The summed E-state index contributed by atoms with van der Waals surface area (Å²) in [6, 6.07) is 25.2. The molecule has 3 aromatic carbocycles. The SMILES string of the molecule is CCc1ccc(N2C[C@@H](C(=O)NNc3ccccc3OCc3ccccc3)CC2=O)cc1. The number of benzene rings is 3. The summed E-state index contributed by atoms with van der Waals surface area (Å²) >= 11 is 0. The van der Waals surface area contributed by atoms with E-state index in [2.05, 4.69) is 17.8 Å². The van der Waals surface area contributed by atoms with Gasteiger partial charge in [-0.25, -0.2) is 0 Å². The largest absolute Gasteiger partial charge is 0.487 e. The lowest BCUT2D eigenvalue weighted by Gasteiger charge is -2.18. The maximum absolute atomic E-state index is 12.7. The number of aryl methyl sites for hydroxylation is 1. The third kappa shape index (κ3) is 5.09. The molecule has 2 N–H and O–H groups in total. The van der Waals surface area contributed by atoms with Crippen LogP contribution in [0.25, 0.3) is 0 Å². The first-order valence-corrected chi connectivity index (χ1v) is 10.8. The first kappa shape index (κ1) is 21.4. The Morgan fingerprint density at radius 3 is 2.44 bits per heavy atom. The number of hydrogen-bond donors (Lipinski definition) is 2. The Balaban J connectivity index is 1.34. The molecule has 0 aliphatic carbocycles. The molecular formula is C26H27N3O3. The summed E-state index contributed by atoms with van der Waals surface area (Å²) < 4.78 is 5.92. The summed E-state index contributed by atoms with van der Waals surface area (Å²) in [5.41, 5.74) is 9.46. The van der Waals surface area contributed by atoms with E-state index >= 15 is 0 Å². The highest BCUT2D eigenvalue weighted by Gasteiger charge is 2.35. The van der Waals surface area contributed by atoms with Crippen LogP contribution >= 0.6 is 0 Å². The normalized spacial score (nSPS) is 15.5. The zero-order valence-corrected chi connectivity index (χ0v) is 18.1. The van der Waals surface area contributed by atoms with Crippen molar-refractivity contribution in [3.63, 3.8) is 0 Å². The first-order valence-electron chi connectivity index (χ1n) is 10.8. The number of nitrogens with one attached hydrogen (secondary N) is 2. The van der Waals surface area contributed by atoms with Crippen LogP contribution in [-0.4, -0.2) is 18.4 Å². The Morgan fingerprint density at radius 1 is 0.969 bits per heavy atom. The summed E-state index contributed by atoms with van der Waals surface area (Å²) in [4.78, 5) is 26.9. The van der Waals surface area contributed by atoms with E-state index in [1.165, 1.54) is 5.56 Å². The zero-order chi connectivity index (χ0) is 22.3. The van der Waals surface area contributed by atoms with E-state index in [0.717, 1.165) is 17.7 Å². The maximum Gasteiger partial charge on any atom is 0.243 e. The fraction of sp³-hybridized carbons (Fsp3) is 0.231.